The van der Waals surface area contributed by atoms with Crippen molar-refractivity contribution in [2.24, 2.45) is 0 Å². The maximum atomic E-state index is 12.4. The van der Waals surface area contributed by atoms with Crippen molar-refractivity contribution in [2.75, 3.05) is 32.8 Å². The van der Waals surface area contributed by atoms with Crippen LogP contribution in [0.5, 0.6) is 0 Å². The van der Waals surface area contributed by atoms with Crippen molar-refractivity contribution < 1.29 is 9.53 Å². The van der Waals surface area contributed by atoms with Gasteiger partial charge in [0.25, 0.3) is 0 Å². The Bertz CT molecular complexity index is 487. The number of ether oxygens (including phenoxy) is 1. The first kappa shape index (κ1) is 15.5. The van der Waals surface area contributed by atoms with E-state index in [1.165, 1.54) is 18.4 Å². The van der Waals surface area contributed by atoms with E-state index < -0.39 is 0 Å². The highest BCUT2D eigenvalue weighted by Crippen LogP contribution is 2.29. The van der Waals surface area contributed by atoms with Gasteiger partial charge in [0, 0.05) is 38.3 Å². The molecule has 4 nitrogen and oxygen atoms in total. The van der Waals surface area contributed by atoms with Gasteiger partial charge in [-0.15, -0.1) is 0 Å². The normalized spacial score (nSPS) is 22.8. The van der Waals surface area contributed by atoms with Crippen LogP contribution in [-0.4, -0.2) is 60.6 Å². The van der Waals surface area contributed by atoms with Crippen LogP contribution in [0.1, 0.15) is 25.3 Å². The van der Waals surface area contributed by atoms with Crippen LogP contribution in [0.4, 0.5) is 0 Å². The van der Waals surface area contributed by atoms with E-state index >= 15 is 0 Å². The minimum atomic E-state index is 0.137. The number of amides is 1. The molecular formula is C18H26N2O2. The summed E-state index contributed by atoms with van der Waals surface area (Å²) in [6.45, 7) is 5.58. The van der Waals surface area contributed by atoms with Crippen molar-refractivity contribution in [1.82, 2.24) is 9.80 Å². The highest BCUT2D eigenvalue weighted by Gasteiger charge is 2.37. The molecule has 0 aromatic heterocycles. The lowest BCUT2D eigenvalue weighted by Crippen LogP contribution is -2.57. The lowest BCUT2D eigenvalue weighted by Gasteiger charge is -2.42. The smallest absolute Gasteiger partial charge is 0.248 e. The highest BCUT2D eigenvalue weighted by molar-refractivity contribution is 5.78. The van der Waals surface area contributed by atoms with Crippen molar-refractivity contribution in [3.63, 3.8) is 0 Å². The molecule has 120 valence electrons. The second-order valence-electron chi connectivity index (χ2n) is 6.29. The topological polar surface area (TPSA) is 32.8 Å². The fourth-order valence-electron chi connectivity index (χ4n) is 3.31. The van der Waals surface area contributed by atoms with Gasteiger partial charge in [-0.2, -0.15) is 0 Å². The van der Waals surface area contributed by atoms with E-state index in [0.717, 1.165) is 32.1 Å². The highest BCUT2D eigenvalue weighted by atomic mass is 16.5. The van der Waals surface area contributed by atoms with Gasteiger partial charge in [0.15, 0.2) is 0 Å². The van der Waals surface area contributed by atoms with Gasteiger partial charge in [0.1, 0.15) is 6.61 Å². The Hall–Kier alpha value is -1.39. The van der Waals surface area contributed by atoms with Crippen molar-refractivity contribution in [3.05, 3.63) is 35.9 Å². The van der Waals surface area contributed by atoms with E-state index in [1.807, 2.05) is 17.9 Å². The van der Waals surface area contributed by atoms with Crippen molar-refractivity contribution in [3.8, 4) is 0 Å². The molecular weight excluding hydrogens is 276 g/mol. The molecule has 0 bridgehead atoms. The molecule has 1 aliphatic heterocycles. The Balaban J connectivity index is 1.67. The number of hydrogen-bond donors (Lipinski definition) is 0. The third-order valence-corrected chi connectivity index (χ3v) is 4.64. The summed E-state index contributed by atoms with van der Waals surface area (Å²) >= 11 is 0. The summed E-state index contributed by atoms with van der Waals surface area (Å²) in [5.41, 5.74) is 1.30. The van der Waals surface area contributed by atoms with Crippen LogP contribution >= 0.6 is 0 Å². The molecule has 0 radical (unpaired) electrons. The van der Waals surface area contributed by atoms with Crippen LogP contribution in [0.3, 0.4) is 0 Å². The van der Waals surface area contributed by atoms with E-state index in [9.17, 15) is 4.79 Å². The van der Waals surface area contributed by atoms with E-state index in [-0.39, 0.29) is 18.6 Å². The van der Waals surface area contributed by atoms with Crippen molar-refractivity contribution >= 4 is 5.91 Å². The summed E-state index contributed by atoms with van der Waals surface area (Å²) in [7, 11) is 0. The number of rotatable bonds is 6. The molecule has 1 saturated carbocycles. The molecule has 1 atom stereocenters. The quantitative estimate of drug-likeness (QED) is 0.805. The maximum absolute atomic E-state index is 12.4. The Labute approximate surface area is 133 Å². The van der Waals surface area contributed by atoms with Crippen LogP contribution in [-0.2, 0) is 16.0 Å². The Morgan fingerprint density at radius 1 is 1.23 bits per heavy atom. The minimum Gasteiger partial charge on any atom is -0.372 e. The fraction of sp³-hybridized carbons (Fsp3) is 0.611. The van der Waals surface area contributed by atoms with Crippen LogP contribution in [0.2, 0.25) is 0 Å². The number of benzene rings is 1. The second-order valence-corrected chi connectivity index (χ2v) is 6.29. The van der Waals surface area contributed by atoms with Gasteiger partial charge in [0.05, 0.1) is 0 Å². The largest absolute Gasteiger partial charge is 0.372 e. The van der Waals surface area contributed by atoms with Gasteiger partial charge in [-0.25, -0.2) is 0 Å². The molecule has 1 aliphatic carbocycles. The maximum Gasteiger partial charge on any atom is 0.248 e. The van der Waals surface area contributed by atoms with Crippen LogP contribution in [0.15, 0.2) is 30.3 Å². The Kier molecular flexibility index (Phi) is 5.11. The Morgan fingerprint density at radius 3 is 2.68 bits per heavy atom. The molecule has 0 N–H and O–H groups in total. The standard InChI is InChI=1S/C18H26N2O2/c1-2-22-14-18(21)20-11-10-19(16-8-9-16)13-17(20)12-15-6-4-3-5-7-15/h3-7,16-17H,2,8-14H2,1H3/t17-/m1/s1. The molecule has 22 heavy (non-hydrogen) atoms. The first-order chi connectivity index (χ1) is 10.8. The number of nitrogens with zero attached hydrogens (tertiary/aromatic N) is 2. The van der Waals surface area contributed by atoms with E-state index in [4.69, 9.17) is 4.74 Å². The first-order valence-electron chi connectivity index (χ1n) is 8.43. The van der Waals surface area contributed by atoms with Gasteiger partial charge < -0.3 is 9.64 Å². The molecule has 0 spiro atoms. The summed E-state index contributed by atoms with van der Waals surface area (Å²) < 4.78 is 5.33. The zero-order valence-electron chi connectivity index (χ0n) is 13.4. The summed E-state index contributed by atoms with van der Waals surface area (Å²) in [5, 5.41) is 0. The predicted molar refractivity (Wildman–Crippen MR) is 86.7 cm³/mol. The molecule has 1 aromatic rings. The molecule has 3 rings (SSSR count). The molecule has 1 saturated heterocycles. The van der Waals surface area contributed by atoms with E-state index in [1.54, 1.807) is 0 Å². The lowest BCUT2D eigenvalue weighted by atomic mass is 10.0. The molecule has 2 aliphatic rings. The molecule has 0 unspecified atom stereocenters. The SMILES string of the molecule is CCOCC(=O)N1CCN(C2CC2)C[C@H]1Cc1ccccc1. The number of carbonyl (C=O) groups is 1. The predicted octanol–water partition coefficient (Wildman–Crippen LogP) is 1.94. The molecule has 2 fully saturated rings. The summed E-state index contributed by atoms with van der Waals surface area (Å²) in [5.74, 6) is 0.137. The number of carbonyl (C=O) groups excluding carboxylic acids is 1. The summed E-state index contributed by atoms with van der Waals surface area (Å²) in [6, 6.07) is 11.5. The van der Waals surface area contributed by atoms with Gasteiger partial charge in [0.2, 0.25) is 5.91 Å². The zero-order valence-corrected chi connectivity index (χ0v) is 13.4. The second kappa shape index (κ2) is 7.25. The number of piperazine rings is 1. The van der Waals surface area contributed by atoms with Gasteiger partial charge in [-0.1, -0.05) is 30.3 Å². The minimum absolute atomic E-state index is 0.137. The van der Waals surface area contributed by atoms with Gasteiger partial charge >= 0.3 is 0 Å². The zero-order chi connectivity index (χ0) is 15.4. The molecule has 4 heteroatoms. The van der Waals surface area contributed by atoms with Crippen molar-refractivity contribution in [1.29, 1.82) is 0 Å². The van der Waals surface area contributed by atoms with Crippen LogP contribution in [0.25, 0.3) is 0 Å². The molecule has 1 heterocycles. The Morgan fingerprint density at radius 2 is 2.00 bits per heavy atom. The van der Waals surface area contributed by atoms with Gasteiger partial charge in [-0.05, 0) is 31.7 Å². The first-order valence-corrected chi connectivity index (χ1v) is 8.43. The monoisotopic (exact) mass is 302 g/mol. The molecule has 1 aromatic carbocycles. The average molecular weight is 302 g/mol. The fourth-order valence-corrected chi connectivity index (χ4v) is 3.31. The molecule has 1 amide bonds. The third-order valence-electron chi connectivity index (χ3n) is 4.64. The number of hydrogen-bond acceptors (Lipinski definition) is 3. The van der Waals surface area contributed by atoms with Crippen LogP contribution in [0, 0.1) is 0 Å². The summed E-state index contributed by atoms with van der Waals surface area (Å²) in [4.78, 5) is 17.0. The lowest BCUT2D eigenvalue weighted by molar-refractivity contribution is -0.141. The van der Waals surface area contributed by atoms with Gasteiger partial charge in [-0.3, -0.25) is 9.69 Å². The van der Waals surface area contributed by atoms with E-state index in [0.29, 0.717) is 6.61 Å². The van der Waals surface area contributed by atoms with E-state index in [2.05, 4.69) is 29.2 Å². The van der Waals surface area contributed by atoms with Crippen molar-refractivity contribution in [2.45, 2.75) is 38.3 Å². The van der Waals surface area contributed by atoms with Crippen LogP contribution < -0.4 is 0 Å². The third kappa shape index (κ3) is 3.87. The average Bonchev–Trinajstić information content (AvgIpc) is 3.38. The summed E-state index contributed by atoms with van der Waals surface area (Å²) in [6.07, 6.45) is 3.58.